The lowest BCUT2D eigenvalue weighted by Crippen LogP contribution is -2.57. The van der Waals surface area contributed by atoms with E-state index in [9.17, 15) is 24.3 Å². The fourth-order valence-electron chi connectivity index (χ4n) is 3.47. The molecule has 202 valence electrons. The van der Waals surface area contributed by atoms with Gasteiger partial charge in [-0.15, -0.1) is 0 Å². The Morgan fingerprint density at radius 1 is 0.778 bits per heavy atom. The van der Waals surface area contributed by atoms with Crippen molar-refractivity contribution >= 4 is 36.3 Å². The molecule has 0 spiro atoms. The highest BCUT2D eigenvalue weighted by molar-refractivity contribution is 7.80. The molecular formula is C24H40N6O5S. The molecular weight excluding hydrogens is 484 g/mol. The smallest absolute Gasteiger partial charge is 0.326 e. The van der Waals surface area contributed by atoms with Gasteiger partial charge in [0.15, 0.2) is 0 Å². The first-order chi connectivity index (χ1) is 17.2. The van der Waals surface area contributed by atoms with Crippen molar-refractivity contribution < 1.29 is 24.3 Å². The van der Waals surface area contributed by atoms with Crippen LogP contribution in [-0.4, -0.2) is 71.8 Å². The van der Waals surface area contributed by atoms with Gasteiger partial charge in [-0.1, -0.05) is 36.8 Å². The van der Waals surface area contributed by atoms with Gasteiger partial charge in [-0.2, -0.15) is 12.6 Å². The number of hydrogen-bond donors (Lipinski definition) is 8. The van der Waals surface area contributed by atoms with E-state index in [1.54, 1.807) is 24.3 Å². The number of benzene rings is 1. The van der Waals surface area contributed by atoms with Crippen molar-refractivity contribution in [2.24, 2.45) is 17.2 Å². The molecule has 1 rings (SSSR count). The van der Waals surface area contributed by atoms with Crippen molar-refractivity contribution in [3.05, 3.63) is 35.9 Å². The SMILES string of the molecule is NCCCCC(N)C(=O)NC(CS)C(=O)NC(CCCCN)C(=O)NC(Cc1ccccc1)C(=O)O. The maximum Gasteiger partial charge on any atom is 0.326 e. The predicted octanol–water partition coefficient (Wildman–Crippen LogP) is -0.717. The Kier molecular flexibility index (Phi) is 15.4. The zero-order chi connectivity index (χ0) is 26.9. The van der Waals surface area contributed by atoms with Crippen LogP contribution in [0.25, 0.3) is 0 Å². The van der Waals surface area contributed by atoms with Crippen molar-refractivity contribution in [2.75, 3.05) is 18.8 Å². The number of carbonyl (C=O) groups is 4. The van der Waals surface area contributed by atoms with Gasteiger partial charge in [-0.25, -0.2) is 4.79 Å². The molecule has 0 aliphatic carbocycles. The van der Waals surface area contributed by atoms with Crippen LogP contribution in [0, 0.1) is 0 Å². The monoisotopic (exact) mass is 524 g/mol. The highest BCUT2D eigenvalue weighted by Gasteiger charge is 2.29. The molecule has 0 saturated carbocycles. The van der Waals surface area contributed by atoms with Crippen LogP contribution in [0.2, 0.25) is 0 Å². The molecule has 36 heavy (non-hydrogen) atoms. The highest BCUT2D eigenvalue weighted by atomic mass is 32.1. The summed E-state index contributed by atoms with van der Waals surface area (Å²) < 4.78 is 0. The minimum absolute atomic E-state index is 0.0179. The summed E-state index contributed by atoms with van der Waals surface area (Å²) in [7, 11) is 0. The van der Waals surface area contributed by atoms with Crippen LogP contribution in [0.5, 0.6) is 0 Å². The van der Waals surface area contributed by atoms with E-state index in [4.69, 9.17) is 17.2 Å². The number of nitrogens with one attached hydrogen (secondary N) is 3. The van der Waals surface area contributed by atoms with Gasteiger partial charge in [-0.3, -0.25) is 14.4 Å². The van der Waals surface area contributed by atoms with Crippen LogP contribution in [0.4, 0.5) is 0 Å². The van der Waals surface area contributed by atoms with Gasteiger partial charge in [0, 0.05) is 12.2 Å². The summed E-state index contributed by atoms with van der Waals surface area (Å²) in [6, 6.07) is 4.89. The Hall–Kier alpha value is -2.67. The Bertz CT molecular complexity index is 828. The Labute approximate surface area is 217 Å². The largest absolute Gasteiger partial charge is 0.480 e. The Morgan fingerprint density at radius 2 is 1.31 bits per heavy atom. The van der Waals surface area contributed by atoms with E-state index in [0.717, 1.165) is 12.0 Å². The van der Waals surface area contributed by atoms with Crippen molar-refractivity contribution in [2.45, 2.75) is 69.1 Å². The number of aliphatic carboxylic acids is 1. The molecule has 4 unspecified atom stereocenters. The molecule has 11 nitrogen and oxygen atoms in total. The van der Waals surface area contributed by atoms with E-state index in [0.29, 0.717) is 38.8 Å². The summed E-state index contributed by atoms with van der Waals surface area (Å²) in [5.41, 5.74) is 17.7. The zero-order valence-electron chi connectivity index (χ0n) is 20.5. The third kappa shape index (κ3) is 11.8. The van der Waals surface area contributed by atoms with Gasteiger partial charge < -0.3 is 38.3 Å². The zero-order valence-corrected chi connectivity index (χ0v) is 21.4. The molecule has 4 atom stereocenters. The third-order valence-electron chi connectivity index (χ3n) is 5.60. The second-order valence-corrected chi connectivity index (χ2v) is 8.93. The van der Waals surface area contributed by atoms with E-state index >= 15 is 0 Å². The number of amides is 3. The number of rotatable bonds is 18. The number of hydrogen-bond acceptors (Lipinski definition) is 8. The molecule has 0 aliphatic rings. The van der Waals surface area contributed by atoms with E-state index < -0.39 is 47.9 Å². The molecule has 0 heterocycles. The predicted molar refractivity (Wildman–Crippen MR) is 141 cm³/mol. The van der Waals surface area contributed by atoms with Crippen LogP contribution in [0.1, 0.15) is 44.1 Å². The van der Waals surface area contributed by atoms with E-state index in [1.807, 2.05) is 6.07 Å². The number of thiol groups is 1. The lowest BCUT2D eigenvalue weighted by atomic mass is 10.0. The fourth-order valence-corrected chi connectivity index (χ4v) is 3.73. The number of carbonyl (C=O) groups excluding carboxylic acids is 3. The second kappa shape index (κ2) is 17.7. The van der Waals surface area contributed by atoms with E-state index in [2.05, 4.69) is 28.6 Å². The Morgan fingerprint density at radius 3 is 1.86 bits per heavy atom. The molecule has 3 amide bonds. The fraction of sp³-hybridized carbons (Fsp3) is 0.583. The van der Waals surface area contributed by atoms with Crippen LogP contribution >= 0.6 is 12.6 Å². The van der Waals surface area contributed by atoms with E-state index in [-0.39, 0.29) is 18.6 Å². The number of carboxylic acid groups (broad SMARTS) is 1. The van der Waals surface area contributed by atoms with Crippen LogP contribution in [-0.2, 0) is 25.6 Å². The van der Waals surface area contributed by atoms with Gasteiger partial charge in [0.05, 0.1) is 6.04 Å². The van der Waals surface area contributed by atoms with Gasteiger partial charge >= 0.3 is 5.97 Å². The molecule has 12 heteroatoms. The van der Waals surface area contributed by atoms with Crippen molar-refractivity contribution in [1.29, 1.82) is 0 Å². The van der Waals surface area contributed by atoms with E-state index in [1.165, 1.54) is 0 Å². The first-order valence-electron chi connectivity index (χ1n) is 12.2. The van der Waals surface area contributed by atoms with Crippen molar-refractivity contribution in [1.82, 2.24) is 16.0 Å². The minimum Gasteiger partial charge on any atom is -0.480 e. The standard InChI is InChI=1S/C24H40N6O5S/c25-12-6-4-10-17(27)21(31)30-20(15-36)23(33)28-18(11-5-7-13-26)22(32)29-19(24(34)35)14-16-8-2-1-3-9-16/h1-3,8-9,17-20,36H,4-7,10-15,25-27H2,(H,28,33)(H,29,32)(H,30,31)(H,34,35). The third-order valence-corrected chi connectivity index (χ3v) is 5.96. The summed E-state index contributed by atoms with van der Waals surface area (Å²) in [6.07, 6.45) is 3.33. The summed E-state index contributed by atoms with van der Waals surface area (Å²) >= 11 is 4.15. The lowest BCUT2D eigenvalue weighted by molar-refractivity contribution is -0.142. The average Bonchev–Trinajstić information content (AvgIpc) is 2.86. The van der Waals surface area contributed by atoms with Crippen molar-refractivity contribution in [3.63, 3.8) is 0 Å². The van der Waals surface area contributed by atoms with Gasteiger partial charge in [0.2, 0.25) is 17.7 Å². The molecule has 0 aliphatic heterocycles. The summed E-state index contributed by atoms with van der Waals surface area (Å²) in [4.78, 5) is 50.1. The number of carboxylic acids is 1. The molecule has 0 fully saturated rings. The summed E-state index contributed by atoms with van der Waals surface area (Å²) in [6.45, 7) is 0.906. The highest BCUT2D eigenvalue weighted by Crippen LogP contribution is 2.07. The average molecular weight is 525 g/mol. The first kappa shape index (κ1) is 31.4. The van der Waals surface area contributed by atoms with Gasteiger partial charge in [0.25, 0.3) is 0 Å². The molecule has 0 bridgehead atoms. The molecule has 1 aromatic rings. The van der Waals surface area contributed by atoms with Crippen LogP contribution in [0.3, 0.4) is 0 Å². The number of unbranched alkanes of at least 4 members (excludes halogenated alkanes) is 2. The normalized spacial score (nSPS) is 14.2. The van der Waals surface area contributed by atoms with Gasteiger partial charge in [-0.05, 0) is 50.8 Å². The molecule has 10 N–H and O–H groups in total. The molecule has 1 aromatic carbocycles. The van der Waals surface area contributed by atoms with Crippen molar-refractivity contribution in [3.8, 4) is 0 Å². The second-order valence-electron chi connectivity index (χ2n) is 8.57. The molecule has 0 aromatic heterocycles. The minimum atomic E-state index is -1.19. The van der Waals surface area contributed by atoms with Crippen LogP contribution < -0.4 is 33.2 Å². The number of nitrogens with two attached hydrogens (primary N) is 3. The first-order valence-corrected chi connectivity index (χ1v) is 12.8. The maximum absolute atomic E-state index is 13.0. The maximum atomic E-state index is 13.0. The summed E-state index contributed by atoms with van der Waals surface area (Å²) in [5, 5.41) is 17.3. The topological polar surface area (TPSA) is 203 Å². The quantitative estimate of drug-likeness (QED) is 0.0907. The Balaban J connectivity index is 2.85. The van der Waals surface area contributed by atoms with Gasteiger partial charge in [0.1, 0.15) is 18.1 Å². The van der Waals surface area contributed by atoms with Crippen LogP contribution in [0.15, 0.2) is 30.3 Å². The summed E-state index contributed by atoms with van der Waals surface area (Å²) in [5.74, 6) is -2.96. The molecule has 0 radical (unpaired) electrons. The lowest BCUT2D eigenvalue weighted by Gasteiger charge is -2.24. The molecule has 0 saturated heterocycles.